The third-order valence-electron chi connectivity index (χ3n) is 2.17. The van der Waals surface area contributed by atoms with Crippen LogP contribution >= 0.6 is 0 Å². The van der Waals surface area contributed by atoms with Crippen LogP contribution in [0.3, 0.4) is 0 Å². The maximum Gasteiger partial charge on any atom is 0.140 e. The van der Waals surface area contributed by atoms with Crippen molar-refractivity contribution in [1.82, 2.24) is 0 Å². The molecule has 2 rings (SSSR count). The molecule has 82 valence electrons. The van der Waals surface area contributed by atoms with E-state index in [9.17, 15) is 5.11 Å². The molecule has 0 radical (unpaired) electrons. The van der Waals surface area contributed by atoms with Gasteiger partial charge in [0.2, 0.25) is 0 Å². The van der Waals surface area contributed by atoms with E-state index < -0.39 is 0 Å². The summed E-state index contributed by atoms with van der Waals surface area (Å²) in [5.41, 5.74) is 4.35. The van der Waals surface area contributed by atoms with E-state index in [0.717, 1.165) is 5.56 Å². The van der Waals surface area contributed by atoms with Crippen molar-refractivity contribution in [3.63, 3.8) is 0 Å². The molecule has 2 aromatic rings. The lowest BCUT2D eigenvalue weighted by molar-refractivity contribution is 0.179. The van der Waals surface area contributed by atoms with Crippen molar-refractivity contribution >= 4 is 5.69 Å². The normalized spacial score (nSPS) is 10.0. The molecule has 0 spiro atoms. The summed E-state index contributed by atoms with van der Waals surface area (Å²) in [6.45, 7) is 0.454. The number of aromatic hydroxyl groups is 1. The zero-order chi connectivity index (χ0) is 11.2. The molecule has 0 aliphatic rings. The third-order valence-corrected chi connectivity index (χ3v) is 2.17. The summed E-state index contributed by atoms with van der Waals surface area (Å²) in [5.74, 6) is 0.176. The lowest BCUT2D eigenvalue weighted by atomic mass is 10.2. The molecule has 3 nitrogen and oxygen atoms in total. The zero-order valence-electron chi connectivity index (χ0n) is 8.76. The van der Waals surface area contributed by atoms with Crippen LogP contribution in [0.2, 0.25) is 0 Å². The van der Waals surface area contributed by atoms with Gasteiger partial charge in [0.05, 0.1) is 6.61 Å². The fourth-order valence-electron chi connectivity index (χ4n) is 1.33. The SMILES string of the molecule is Oc1ccccc1NOCc1ccccc1. The fraction of sp³-hybridized carbons (Fsp3) is 0.0769. The average molecular weight is 215 g/mol. The van der Waals surface area contributed by atoms with Crippen LogP contribution in [0.4, 0.5) is 5.69 Å². The second kappa shape index (κ2) is 5.19. The Bertz CT molecular complexity index is 443. The van der Waals surface area contributed by atoms with E-state index in [1.165, 1.54) is 0 Å². The van der Waals surface area contributed by atoms with E-state index in [-0.39, 0.29) is 5.75 Å². The van der Waals surface area contributed by atoms with Gasteiger partial charge < -0.3 is 5.11 Å². The summed E-state index contributed by atoms with van der Waals surface area (Å²) in [7, 11) is 0. The van der Waals surface area contributed by atoms with Crippen LogP contribution in [0.5, 0.6) is 5.75 Å². The highest BCUT2D eigenvalue weighted by Crippen LogP contribution is 2.21. The van der Waals surface area contributed by atoms with E-state index in [1.807, 2.05) is 36.4 Å². The molecule has 0 fully saturated rings. The minimum absolute atomic E-state index is 0.176. The maximum atomic E-state index is 9.47. The number of rotatable bonds is 4. The van der Waals surface area contributed by atoms with Crippen LogP contribution in [-0.2, 0) is 11.4 Å². The number of benzene rings is 2. The van der Waals surface area contributed by atoms with Crippen molar-refractivity contribution in [3.05, 3.63) is 60.2 Å². The number of nitrogens with one attached hydrogen (secondary N) is 1. The summed E-state index contributed by atoms with van der Waals surface area (Å²) in [4.78, 5) is 5.28. The molecule has 2 aromatic carbocycles. The van der Waals surface area contributed by atoms with Gasteiger partial charge in [-0.05, 0) is 17.7 Å². The van der Waals surface area contributed by atoms with Crippen molar-refractivity contribution < 1.29 is 9.94 Å². The Hall–Kier alpha value is -2.00. The molecule has 2 N–H and O–H groups in total. The lowest BCUT2D eigenvalue weighted by Gasteiger charge is -2.08. The van der Waals surface area contributed by atoms with Crippen LogP contribution in [0.1, 0.15) is 5.56 Å². The minimum atomic E-state index is 0.176. The van der Waals surface area contributed by atoms with E-state index in [4.69, 9.17) is 4.84 Å². The Morgan fingerprint density at radius 1 is 0.938 bits per heavy atom. The van der Waals surface area contributed by atoms with Crippen LogP contribution in [0.25, 0.3) is 0 Å². The number of para-hydroxylation sites is 2. The lowest BCUT2D eigenvalue weighted by Crippen LogP contribution is -2.01. The highest BCUT2D eigenvalue weighted by molar-refractivity contribution is 5.53. The highest BCUT2D eigenvalue weighted by atomic mass is 16.6. The number of phenols is 1. The third kappa shape index (κ3) is 2.74. The molecule has 0 aromatic heterocycles. The van der Waals surface area contributed by atoms with E-state index in [2.05, 4.69) is 5.48 Å². The molecular weight excluding hydrogens is 202 g/mol. The zero-order valence-corrected chi connectivity index (χ0v) is 8.76. The summed E-state index contributed by atoms with van der Waals surface area (Å²) in [6, 6.07) is 16.8. The van der Waals surface area contributed by atoms with Gasteiger partial charge in [0, 0.05) is 0 Å². The van der Waals surface area contributed by atoms with Gasteiger partial charge in [-0.3, -0.25) is 10.3 Å². The summed E-state index contributed by atoms with van der Waals surface area (Å²) in [6.07, 6.45) is 0. The first-order chi connectivity index (χ1) is 7.86. The topological polar surface area (TPSA) is 41.5 Å². The fourth-order valence-corrected chi connectivity index (χ4v) is 1.33. The predicted molar refractivity (Wildman–Crippen MR) is 63.0 cm³/mol. The molecule has 0 saturated heterocycles. The molecule has 0 atom stereocenters. The Morgan fingerprint density at radius 2 is 1.62 bits per heavy atom. The molecule has 0 bridgehead atoms. The minimum Gasteiger partial charge on any atom is -0.506 e. The van der Waals surface area contributed by atoms with Gasteiger partial charge in [-0.2, -0.15) is 0 Å². The van der Waals surface area contributed by atoms with Gasteiger partial charge >= 0.3 is 0 Å². The first kappa shape index (κ1) is 10.5. The van der Waals surface area contributed by atoms with Gasteiger partial charge in [0.25, 0.3) is 0 Å². The van der Waals surface area contributed by atoms with Crippen LogP contribution < -0.4 is 5.48 Å². The monoisotopic (exact) mass is 215 g/mol. The smallest absolute Gasteiger partial charge is 0.140 e. The molecule has 0 amide bonds. The largest absolute Gasteiger partial charge is 0.506 e. The van der Waals surface area contributed by atoms with Crippen LogP contribution in [-0.4, -0.2) is 5.11 Å². The molecule has 0 unspecified atom stereocenters. The summed E-state index contributed by atoms with van der Waals surface area (Å²) >= 11 is 0. The van der Waals surface area contributed by atoms with Gasteiger partial charge in [0.1, 0.15) is 11.4 Å². The van der Waals surface area contributed by atoms with Crippen molar-refractivity contribution in [3.8, 4) is 5.75 Å². The predicted octanol–water partition coefficient (Wildman–Crippen LogP) is 2.94. The van der Waals surface area contributed by atoms with E-state index in [0.29, 0.717) is 12.3 Å². The van der Waals surface area contributed by atoms with Gasteiger partial charge in [-0.1, -0.05) is 42.5 Å². The Morgan fingerprint density at radius 3 is 2.38 bits per heavy atom. The molecule has 0 aliphatic carbocycles. The molecular formula is C13H13NO2. The first-order valence-corrected chi connectivity index (χ1v) is 5.06. The number of hydrogen-bond donors (Lipinski definition) is 2. The van der Waals surface area contributed by atoms with Gasteiger partial charge in [-0.15, -0.1) is 0 Å². The average Bonchev–Trinajstić information content (AvgIpc) is 2.33. The number of hydrogen-bond acceptors (Lipinski definition) is 3. The second-order valence-electron chi connectivity index (χ2n) is 3.39. The van der Waals surface area contributed by atoms with Crippen LogP contribution in [0.15, 0.2) is 54.6 Å². The van der Waals surface area contributed by atoms with E-state index >= 15 is 0 Å². The molecule has 16 heavy (non-hydrogen) atoms. The summed E-state index contributed by atoms with van der Waals surface area (Å²) < 4.78 is 0. The Balaban J connectivity index is 1.87. The van der Waals surface area contributed by atoms with Crippen molar-refractivity contribution in [2.24, 2.45) is 0 Å². The molecule has 0 aliphatic heterocycles. The maximum absolute atomic E-state index is 9.47. The number of phenolic OH excluding ortho intramolecular Hbond substituents is 1. The highest BCUT2D eigenvalue weighted by Gasteiger charge is 1.98. The van der Waals surface area contributed by atoms with E-state index in [1.54, 1.807) is 18.2 Å². The Labute approximate surface area is 94.3 Å². The van der Waals surface area contributed by atoms with Crippen molar-refractivity contribution in [2.75, 3.05) is 5.48 Å². The van der Waals surface area contributed by atoms with Gasteiger partial charge in [-0.25, -0.2) is 0 Å². The standard InChI is InChI=1S/C13H13NO2/c15-13-9-5-4-8-12(13)14-16-10-11-6-2-1-3-7-11/h1-9,14-15H,10H2. The first-order valence-electron chi connectivity index (χ1n) is 5.06. The van der Waals surface area contributed by atoms with Crippen LogP contribution in [0, 0.1) is 0 Å². The molecule has 0 saturated carbocycles. The van der Waals surface area contributed by atoms with Crippen molar-refractivity contribution in [2.45, 2.75) is 6.61 Å². The number of anilines is 1. The van der Waals surface area contributed by atoms with Crippen molar-refractivity contribution in [1.29, 1.82) is 0 Å². The summed E-state index contributed by atoms with van der Waals surface area (Å²) in [5, 5.41) is 9.47. The quantitative estimate of drug-likeness (QED) is 0.608. The molecule has 3 heteroatoms. The van der Waals surface area contributed by atoms with Gasteiger partial charge in [0.15, 0.2) is 0 Å². The second-order valence-corrected chi connectivity index (χ2v) is 3.39. The molecule has 0 heterocycles. The Kier molecular flexibility index (Phi) is 3.41.